The van der Waals surface area contributed by atoms with E-state index in [1.165, 1.54) is 6.33 Å². The third kappa shape index (κ3) is 2.94. The van der Waals surface area contributed by atoms with Crippen molar-refractivity contribution in [1.29, 1.82) is 0 Å². The van der Waals surface area contributed by atoms with Crippen molar-refractivity contribution in [2.24, 2.45) is 0 Å². The molecule has 3 N–H and O–H groups in total. The zero-order chi connectivity index (χ0) is 13.1. The maximum absolute atomic E-state index is 11.5. The summed E-state index contributed by atoms with van der Waals surface area (Å²) in [7, 11) is -2.04. The average molecular weight is 271 g/mol. The van der Waals surface area contributed by atoms with E-state index in [-0.39, 0.29) is 18.0 Å². The second-order valence-corrected chi connectivity index (χ2v) is 4.93. The predicted octanol–water partition coefficient (Wildman–Crippen LogP) is 0.224. The van der Waals surface area contributed by atoms with Crippen LogP contribution >= 0.6 is 8.38 Å². The molecule has 2 rings (SSSR count). The fourth-order valence-corrected chi connectivity index (χ4v) is 2.09. The van der Waals surface area contributed by atoms with Crippen LogP contribution in [0.25, 0.3) is 5.52 Å². The standard InChI is InChI=1S/C10H14N3O4P/c1-7(17-6-18(15)16)4-8-2-3-9-10(14)11-5-12-13(8)9/h2-3,5,7,15-16H,4,6H2,1H3,(H,11,12,14). The molecule has 0 aliphatic heterocycles. The molecule has 0 radical (unpaired) electrons. The van der Waals surface area contributed by atoms with Crippen molar-refractivity contribution < 1.29 is 14.5 Å². The van der Waals surface area contributed by atoms with Crippen LogP contribution in [0.15, 0.2) is 23.3 Å². The molecule has 18 heavy (non-hydrogen) atoms. The van der Waals surface area contributed by atoms with Gasteiger partial charge < -0.3 is 19.5 Å². The number of aromatic amines is 1. The molecule has 0 spiro atoms. The van der Waals surface area contributed by atoms with E-state index >= 15 is 0 Å². The number of nitrogens with one attached hydrogen (secondary N) is 1. The van der Waals surface area contributed by atoms with Crippen LogP contribution in [0.4, 0.5) is 0 Å². The van der Waals surface area contributed by atoms with Crippen molar-refractivity contribution in [2.75, 3.05) is 6.35 Å². The molecule has 1 unspecified atom stereocenters. The van der Waals surface area contributed by atoms with Gasteiger partial charge in [0.25, 0.3) is 5.56 Å². The second kappa shape index (κ2) is 5.58. The Morgan fingerprint density at radius 3 is 3.06 bits per heavy atom. The number of fused-ring (bicyclic) bond motifs is 1. The van der Waals surface area contributed by atoms with Crippen LogP contribution in [0, 0.1) is 0 Å². The van der Waals surface area contributed by atoms with Gasteiger partial charge >= 0.3 is 0 Å². The molecule has 0 aliphatic carbocycles. The van der Waals surface area contributed by atoms with E-state index in [1.54, 1.807) is 16.6 Å². The SMILES string of the molecule is CC(Cc1ccc2c(=O)[nH]cnn12)OCP(O)O. The fraction of sp³-hybridized carbons (Fsp3) is 0.400. The summed E-state index contributed by atoms with van der Waals surface area (Å²) in [5.41, 5.74) is 1.12. The van der Waals surface area contributed by atoms with Gasteiger partial charge in [0.15, 0.2) is 8.38 Å². The minimum atomic E-state index is -2.04. The van der Waals surface area contributed by atoms with Gasteiger partial charge in [-0.25, -0.2) is 4.52 Å². The summed E-state index contributed by atoms with van der Waals surface area (Å²) in [5, 5.41) is 4.06. The van der Waals surface area contributed by atoms with E-state index in [1.807, 2.05) is 6.92 Å². The van der Waals surface area contributed by atoms with Gasteiger partial charge in [-0.05, 0) is 19.1 Å². The molecule has 0 saturated carbocycles. The zero-order valence-electron chi connectivity index (χ0n) is 9.78. The topological polar surface area (TPSA) is 99.9 Å². The van der Waals surface area contributed by atoms with Crippen molar-refractivity contribution in [1.82, 2.24) is 14.6 Å². The van der Waals surface area contributed by atoms with Crippen LogP contribution in [0.3, 0.4) is 0 Å². The number of H-pyrrole nitrogens is 1. The lowest BCUT2D eigenvalue weighted by atomic mass is 10.2. The number of nitrogens with zero attached hydrogens (tertiary/aromatic N) is 2. The predicted molar refractivity (Wildman–Crippen MR) is 66.3 cm³/mol. The van der Waals surface area contributed by atoms with Crippen LogP contribution in [0.2, 0.25) is 0 Å². The summed E-state index contributed by atoms with van der Waals surface area (Å²) in [5.74, 6) is 0. The van der Waals surface area contributed by atoms with Crippen molar-refractivity contribution in [3.05, 3.63) is 34.5 Å². The Morgan fingerprint density at radius 1 is 1.56 bits per heavy atom. The van der Waals surface area contributed by atoms with Crippen LogP contribution in [0.1, 0.15) is 12.6 Å². The maximum atomic E-state index is 11.5. The molecule has 0 aromatic carbocycles. The van der Waals surface area contributed by atoms with Crippen molar-refractivity contribution >= 4 is 13.9 Å². The highest BCUT2D eigenvalue weighted by molar-refractivity contribution is 7.44. The van der Waals surface area contributed by atoms with Gasteiger partial charge in [-0.15, -0.1) is 0 Å². The van der Waals surface area contributed by atoms with Crippen molar-refractivity contribution in [3.63, 3.8) is 0 Å². The molecular weight excluding hydrogens is 257 g/mol. The molecule has 0 bridgehead atoms. The molecule has 7 nitrogen and oxygen atoms in total. The number of rotatable bonds is 5. The van der Waals surface area contributed by atoms with Crippen LogP contribution in [-0.2, 0) is 11.2 Å². The Morgan fingerprint density at radius 2 is 2.33 bits per heavy atom. The molecule has 8 heteroatoms. The lowest BCUT2D eigenvalue weighted by Crippen LogP contribution is -2.16. The van der Waals surface area contributed by atoms with Crippen molar-refractivity contribution in [3.8, 4) is 0 Å². The highest BCUT2D eigenvalue weighted by atomic mass is 31.2. The summed E-state index contributed by atoms with van der Waals surface area (Å²) >= 11 is 0. The Kier molecular flexibility index (Phi) is 4.08. The zero-order valence-corrected chi connectivity index (χ0v) is 10.7. The normalized spacial score (nSPS) is 13.3. The van der Waals surface area contributed by atoms with E-state index in [2.05, 4.69) is 10.1 Å². The smallest absolute Gasteiger partial charge is 0.275 e. The second-order valence-electron chi connectivity index (χ2n) is 3.92. The minimum absolute atomic E-state index is 0.0756. The molecule has 0 aliphatic rings. The summed E-state index contributed by atoms with van der Waals surface area (Å²) in [4.78, 5) is 31.5. The largest absolute Gasteiger partial charge is 0.369 e. The van der Waals surface area contributed by atoms with Gasteiger partial charge in [-0.2, -0.15) is 5.10 Å². The number of hydrogen-bond donors (Lipinski definition) is 3. The van der Waals surface area contributed by atoms with Crippen LogP contribution < -0.4 is 5.56 Å². The first-order valence-electron chi connectivity index (χ1n) is 5.39. The summed E-state index contributed by atoms with van der Waals surface area (Å²) in [6.45, 7) is 1.82. The van der Waals surface area contributed by atoms with Gasteiger partial charge in [0.05, 0.1) is 6.10 Å². The summed E-state index contributed by atoms with van der Waals surface area (Å²) in [6, 6.07) is 3.50. The Balaban J connectivity index is 2.12. The van der Waals surface area contributed by atoms with Gasteiger partial charge in [0.2, 0.25) is 0 Å². The van der Waals surface area contributed by atoms with E-state index in [9.17, 15) is 4.79 Å². The van der Waals surface area contributed by atoms with Gasteiger partial charge in [-0.1, -0.05) is 0 Å². The molecule has 1 atom stereocenters. The van der Waals surface area contributed by atoms with Crippen LogP contribution in [-0.4, -0.2) is 36.8 Å². The van der Waals surface area contributed by atoms with Crippen LogP contribution in [0.5, 0.6) is 0 Å². The Labute approximate surface area is 104 Å². The first kappa shape index (κ1) is 13.2. The third-order valence-electron chi connectivity index (χ3n) is 2.51. The minimum Gasteiger partial charge on any atom is -0.369 e. The van der Waals surface area contributed by atoms with Gasteiger partial charge in [-0.3, -0.25) is 4.79 Å². The Hall–Kier alpha value is -1.27. The molecule has 2 heterocycles. The number of aromatic nitrogens is 3. The summed E-state index contributed by atoms with van der Waals surface area (Å²) in [6.07, 6.45) is 1.61. The fourth-order valence-electron chi connectivity index (χ4n) is 1.70. The lowest BCUT2D eigenvalue weighted by Gasteiger charge is -2.12. The molecule has 0 fully saturated rings. The first-order chi connectivity index (χ1) is 8.58. The monoisotopic (exact) mass is 271 g/mol. The van der Waals surface area contributed by atoms with E-state index in [0.29, 0.717) is 11.9 Å². The van der Waals surface area contributed by atoms with E-state index in [0.717, 1.165) is 5.69 Å². The average Bonchev–Trinajstić information content (AvgIpc) is 2.72. The number of hydrogen-bond acceptors (Lipinski definition) is 5. The Bertz CT molecular complexity index is 580. The highest BCUT2D eigenvalue weighted by Crippen LogP contribution is 2.23. The van der Waals surface area contributed by atoms with E-state index in [4.69, 9.17) is 14.5 Å². The molecule has 0 amide bonds. The first-order valence-corrected chi connectivity index (χ1v) is 6.82. The van der Waals surface area contributed by atoms with Gasteiger partial charge in [0.1, 0.15) is 18.2 Å². The molecule has 0 saturated heterocycles. The van der Waals surface area contributed by atoms with Crippen molar-refractivity contribution in [2.45, 2.75) is 19.4 Å². The summed E-state index contributed by atoms with van der Waals surface area (Å²) < 4.78 is 6.81. The molecule has 2 aromatic rings. The maximum Gasteiger partial charge on any atom is 0.275 e. The quantitative estimate of drug-likeness (QED) is 0.676. The number of ether oxygens (including phenoxy) is 1. The third-order valence-corrected chi connectivity index (χ3v) is 2.89. The molecular formula is C10H14N3O4P. The molecule has 98 valence electrons. The lowest BCUT2D eigenvalue weighted by molar-refractivity contribution is 0.0941. The molecule has 2 aromatic heterocycles. The van der Waals surface area contributed by atoms with E-state index < -0.39 is 8.38 Å². The highest BCUT2D eigenvalue weighted by Gasteiger charge is 2.11. The van der Waals surface area contributed by atoms with Gasteiger partial charge in [0, 0.05) is 12.1 Å².